The number of benzene rings is 1. The van der Waals surface area contributed by atoms with Gasteiger partial charge in [-0.05, 0) is 32.0 Å². The van der Waals surface area contributed by atoms with E-state index in [1.165, 1.54) is 0 Å². The van der Waals surface area contributed by atoms with Crippen molar-refractivity contribution in [3.05, 3.63) is 23.8 Å². The second-order valence-corrected chi connectivity index (χ2v) is 3.99. The summed E-state index contributed by atoms with van der Waals surface area (Å²) in [5.74, 6) is 0.523. The Bertz CT molecular complexity index is 462. The lowest BCUT2D eigenvalue weighted by Gasteiger charge is -2.12. The molecule has 0 fully saturated rings. The van der Waals surface area contributed by atoms with Crippen LogP contribution in [-0.2, 0) is 9.53 Å². The lowest BCUT2D eigenvalue weighted by atomic mass is 10.2. The van der Waals surface area contributed by atoms with E-state index in [1.807, 2.05) is 6.92 Å². The van der Waals surface area contributed by atoms with E-state index in [4.69, 9.17) is 32.2 Å². The highest BCUT2D eigenvalue weighted by molar-refractivity contribution is 7.80. The minimum atomic E-state index is -0.427. The molecule has 1 aromatic rings. The average Bonchev–Trinajstić information content (AvgIpc) is 2.37. The van der Waals surface area contributed by atoms with Crippen molar-refractivity contribution < 1.29 is 19.0 Å². The van der Waals surface area contributed by atoms with Crippen molar-refractivity contribution in [3.8, 4) is 11.5 Å². The van der Waals surface area contributed by atoms with Gasteiger partial charge in [0.2, 0.25) is 0 Å². The molecule has 19 heavy (non-hydrogen) atoms. The molecule has 0 aliphatic rings. The van der Waals surface area contributed by atoms with Crippen molar-refractivity contribution in [1.82, 2.24) is 0 Å². The first-order valence-corrected chi connectivity index (χ1v) is 6.34. The summed E-state index contributed by atoms with van der Waals surface area (Å²) in [5.41, 5.74) is 6.23. The molecule has 0 aliphatic carbocycles. The number of hydrogen-bond acceptors (Lipinski definition) is 5. The Morgan fingerprint density at radius 1 is 1.21 bits per heavy atom. The van der Waals surface area contributed by atoms with Crippen molar-refractivity contribution in [2.24, 2.45) is 5.73 Å². The third-order valence-corrected chi connectivity index (χ3v) is 2.41. The quantitative estimate of drug-likeness (QED) is 0.606. The maximum atomic E-state index is 11.2. The van der Waals surface area contributed by atoms with Gasteiger partial charge in [0.25, 0.3) is 0 Å². The molecule has 5 nitrogen and oxygen atoms in total. The third kappa shape index (κ3) is 4.75. The van der Waals surface area contributed by atoms with E-state index in [0.717, 1.165) is 0 Å². The van der Waals surface area contributed by atoms with Crippen molar-refractivity contribution in [1.29, 1.82) is 0 Å². The Balaban J connectivity index is 2.81. The van der Waals surface area contributed by atoms with Crippen LogP contribution in [0.4, 0.5) is 0 Å². The minimum absolute atomic E-state index is 0.166. The SMILES string of the molecule is CCOC(=O)COc1ccc(C(N)=S)cc1OCC. The number of esters is 1. The van der Waals surface area contributed by atoms with Gasteiger partial charge in [-0.2, -0.15) is 0 Å². The van der Waals surface area contributed by atoms with Crippen molar-refractivity contribution in [3.63, 3.8) is 0 Å². The van der Waals surface area contributed by atoms with Crippen LogP contribution in [0.3, 0.4) is 0 Å². The first-order chi connectivity index (χ1) is 9.08. The molecular formula is C13H17NO4S. The fourth-order valence-electron chi connectivity index (χ4n) is 1.39. The molecule has 0 aliphatic heterocycles. The van der Waals surface area contributed by atoms with Crippen molar-refractivity contribution in [2.45, 2.75) is 13.8 Å². The molecule has 0 amide bonds. The van der Waals surface area contributed by atoms with Gasteiger partial charge in [0, 0.05) is 5.56 Å². The van der Waals surface area contributed by atoms with Gasteiger partial charge in [0.1, 0.15) is 4.99 Å². The number of hydrogen-bond donors (Lipinski definition) is 1. The highest BCUT2D eigenvalue weighted by atomic mass is 32.1. The molecule has 2 N–H and O–H groups in total. The predicted octanol–water partition coefficient (Wildman–Crippen LogP) is 1.66. The topological polar surface area (TPSA) is 70.8 Å². The maximum Gasteiger partial charge on any atom is 0.344 e. The van der Waals surface area contributed by atoms with Crippen LogP contribution < -0.4 is 15.2 Å². The van der Waals surface area contributed by atoms with E-state index in [1.54, 1.807) is 25.1 Å². The molecule has 0 aromatic heterocycles. The lowest BCUT2D eigenvalue weighted by molar-refractivity contribution is -0.145. The summed E-state index contributed by atoms with van der Waals surface area (Å²) in [5, 5.41) is 0. The molecule has 1 rings (SSSR count). The summed E-state index contributed by atoms with van der Waals surface area (Å²) in [6.45, 7) is 4.21. The summed E-state index contributed by atoms with van der Waals surface area (Å²) in [6.07, 6.45) is 0. The van der Waals surface area contributed by atoms with E-state index in [0.29, 0.717) is 30.3 Å². The number of nitrogens with two attached hydrogens (primary N) is 1. The number of ether oxygens (including phenoxy) is 3. The fraction of sp³-hybridized carbons (Fsp3) is 0.385. The largest absolute Gasteiger partial charge is 0.490 e. The van der Waals surface area contributed by atoms with Crippen LogP contribution in [-0.4, -0.2) is 30.8 Å². The lowest BCUT2D eigenvalue weighted by Crippen LogP contribution is -2.15. The molecule has 104 valence electrons. The van der Waals surface area contributed by atoms with E-state index in [-0.39, 0.29) is 11.6 Å². The standard InChI is InChI=1S/C13H17NO4S/c1-3-16-11-7-9(13(14)19)5-6-10(11)18-8-12(15)17-4-2/h5-7H,3-4,8H2,1-2H3,(H2,14,19). The average molecular weight is 283 g/mol. The molecule has 0 radical (unpaired) electrons. The summed E-state index contributed by atoms with van der Waals surface area (Å²) in [4.78, 5) is 11.5. The molecule has 0 bridgehead atoms. The molecule has 0 saturated carbocycles. The fourth-order valence-corrected chi connectivity index (χ4v) is 1.52. The Kier molecular flexibility index (Phi) is 6.08. The minimum Gasteiger partial charge on any atom is -0.490 e. The second kappa shape index (κ2) is 7.58. The number of thiocarbonyl (C=S) groups is 1. The molecule has 0 unspecified atom stereocenters. The molecule has 0 saturated heterocycles. The number of rotatable bonds is 7. The van der Waals surface area contributed by atoms with Crippen molar-refractivity contribution in [2.75, 3.05) is 19.8 Å². The highest BCUT2D eigenvalue weighted by Gasteiger charge is 2.10. The van der Waals surface area contributed by atoms with Crippen LogP contribution in [0.2, 0.25) is 0 Å². The van der Waals surface area contributed by atoms with Gasteiger partial charge < -0.3 is 19.9 Å². The van der Waals surface area contributed by atoms with Gasteiger partial charge in [-0.25, -0.2) is 4.79 Å². The second-order valence-electron chi connectivity index (χ2n) is 3.55. The van der Waals surface area contributed by atoms with Crippen LogP contribution in [0.25, 0.3) is 0 Å². The summed E-state index contributed by atoms with van der Waals surface area (Å²) in [6, 6.07) is 5.07. The highest BCUT2D eigenvalue weighted by Crippen LogP contribution is 2.28. The summed E-state index contributed by atoms with van der Waals surface area (Å²) in [7, 11) is 0. The molecule has 0 spiro atoms. The third-order valence-electron chi connectivity index (χ3n) is 2.18. The van der Waals surface area contributed by atoms with E-state index in [2.05, 4.69) is 0 Å². The summed E-state index contributed by atoms with van der Waals surface area (Å²) >= 11 is 4.90. The Morgan fingerprint density at radius 3 is 2.53 bits per heavy atom. The molecule has 0 atom stereocenters. The Hall–Kier alpha value is -1.82. The molecule has 1 aromatic carbocycles. The molecular weight excluding hydrogens is 266 g/mol. The first kappa shape index (κ1) is 15.2. The van der Waals surface area contributed by atoms with Crippen LogP contribution >= 0.6 is 12.2 Å². The normalized spacial score (nSPS) is 9.79. The van der Waals surface area contributed by atoms with Gasteiger partial charge in [-0.1, -0.05) is 12.2 Å². The van der Waals surface area contributed by atoms with E-state index >= 15 is 0 Å². The van der Waals surface area contributed by atoms with Gasteiger partial charge >= 0.3 is 5.97 Å². The molecule has 0 heterocycles. The molecule has 6 heteroatoms. The zero-order valence-corrected chi connectivity index (χ0v) is 11.8. The van der Waals surface area contributed by atoms with Crippen LogP contribution in [0, 0.1) is 0 Å². The van der Waals surface area contributed by atoms with Crippen LogP contribution in [0.15, 0.2) is 18.2 Å². The zero-order chi connectivity index (χ0) is 14.3. The smallest absolute Gasteiger partial charge is 0.344 e. The predicted molar refractivity (Wildman–Crippen MR) is 75.6 cm³/mol. The van der Waals surface area contributed by atoms with Crippen LogP contribution in [0.1, 0.15) is 19.4 Å². The van der Waals surface area contributed by atoms with Gasteiger partial charge in [0.05, 0.1) is 13.2 Å². The summed E-state index contributed by atoms with van der Waals surface area (Å²) < 4.78 is 15.6. The van der Waals surface area contributed by atoms with E-state index in [9.17, 15) is 4.79 Å². The zero-order valence-electron chi connectivity index (χ0n) is 11.0. The Morgan fingerprint density at radius 2 is 1.95 bits per heavy atom. The maximum absolute atomic E-state index is 11.2. The van der Waals surface area contributed by atoms with Gasteiger partial charge in [-0.15, -0.1) is 0 Å². The van der Waals surface area contributed by atoms with Crippen molar-refractivity contribution >= 4 is 23.2 Å². The van der Waals surface area contributed by atoms with Crippen LogP contribution in [0.5, 0.6) is 11.5 Å². The van der Waals surface area contributed by atoms with Gasteiger partial charge in [-0.3, -0.25) is 0 Å². The van der Waals surface area contributed by atoms with E-state index < -0.39 is 5.97 Å². The number of carbonyl (C=O) groups is 1. The van der Waals surface area contributed by atoms with Gasteiger partial charge in [0.15, 0.2) is 18.1 Å². The monoisotopic (exact) mass is 283 g/mol. The first-order valence-electron chi connectivity index (χ1n) is 5.93. The number of carbonyl (C=O) groups excluding carboxylic acids is 1. The Labute approximate surface area is 117 Å².